The van der Waals surface area contributed by atoms with Crippen LogP contribution in [-0.4, -0.2) is 86.4 Å². The Hall–Kier alpha value is -6.10. The van der Waals surface area contributed by atoms with Crippen molar-refractivity contribution in [3.05, 3.63) is 132 Å². The van der Waals surface area contributed by atoms with Crippen molar-refractivity contribution in [2.75, 3.05) is 49.1 Å². The van der Waals surface area contributed by atoms with Crippen molar-refractivity contribution in [2.45, 2.75) is 60.2 Å². The number of aromatic hydroxyl groups is 2. The van der Waals surface area contributed by atoms with Gasteiger partial charge < -0.3 is 25.3 Å². The number of nitrogens with one attached hydrogen (secondary N) is 1. The molecule has 2 aliphatic heterocycles. The van der Waals surface area contributed by atoms with Crippen LogP contribution in [0.3, 0.4) is 0 Å². The Kier molecular flexibility index (Phi) is 12.5. The maximum absolute atomic E-state index is 10.5. The van der Waals surface area contributed by atoms with Crippen LogP contribution in [0.2, 0.25) is 0 Å². The normalized spacial score (nSPS) is 17.2. The van der Waals surface area contributed by atoms with Crippen molar-refractivity contribution in [3.63, 3.8) is 0 Å². The van der Waals surface area contributed by atoms with Crippen molar-refractivity contribution in [1.29, 1.82) is 0 Å². The number of aryl methyl sites for hydroxylation is 2. The maximum atomic E-state index is 10.5. The van der Waals surface area contributed by atoms with E-state index >= 15 is 0 Å². The number of piperazine rings is 2. The van der Waals surface area contributed by atoms with E-state index in [4.69, 9.17) is 19.9 Å². The van der Waals surface area contributed by atoms with E-state index in [1.807, 2.05) is 36.4 Å². The van der Waals surface area contributed by atoms with Gasteiger partial charge in [0.15, 0.2) is 11.6 Å². The first kappa shape index (κ1) is 41.6. The summed E-state index contributed by atoms with van der Waals surface area (Å²) in [5, 5.41) is 26.5. The monoisotopic (exact) mass is 814 g/mol. The molecule has 10 heteroatoms. The molecule has 0 radical (unpaired) electrons. The molecule has 2 aliphatic rings. The quantitative estimate of drug-likeness (QED) is 0.137. The van der Waals surface area contributed by atoms with E-state index in [1.165, 1.54) is 5.56 Å². The summed E-state index contributed by atoms with van der Waals surface area (Å²) < 4.78 is 0. The van der Waals surface area contributed by atoms with Crippen molar-refractivity contribution in [3.8, 4) is 34.3 Å². The van der Waals surface area contributed by atoms with Gasteiger partial charge in [-0.15, -0.1) is 0 Å². The summed E-state index contributed by atoms with van der Waals surface area (Å²) >= 11 is 0. The first-order valence-corrected chi connectivity index (χ1v) is 21.7. The third-order valence-corrected chi connectivity index (χ3v) is 12.1. The SMILES string of the molecule is Cc1ccc2c(N3CCN(Cc4ccccc4)C[C@@H]3C(C)C)nc(-c3ccccc3O)nc2c1.Cc1ccc2c(N3CCNC[C@@H]3C(C)C)nc(-c3ccccc3O)nc2c1. The number of phenolic OH excluding ortho intramolecular Hbond substituents is 2. The van der Waals surface area contributed by atoms with Gasteiger partial charge >= 0.3 is 0 Å². The summed E-state index contributed by atoms with van der Waals surface area (Å²) in [5.74, 6) is 4.43. The number of nitrogens with zero attached hydrogens (tertiary/aromatic N) is 7. The van der Waals surface area contributed by atoms with Gasteiger partial charge in [0.25, 0.3) is 0 Å². The molecule has 9 rings (SSSR count). The zero-order valence-corrected chi connectivity index (χ0v) is 36.3. The molecular weight excluding hydrogens is 757 g/mol. The highest BCUT2D eigenvalue weighted by atomic mass is 16.3. The molecule has 314 valence electrons. The van der Waals surface area contributed by atoms with Gasteiger partial charge in [0, 0.05) is 68.7 Å². The van der Waals surface area contributed by atoms with Crippen LogP contribution < -0.4 is 15.1 Å². The predicted molar refractivity (Wildman–Crippen MR) is 249 cm³/mol. The fraction of sp³-hybridized carbons (Fsp3) is 0.333. The van der Waals surface area contributed by atoms with Crippen molar-refractivity contribution in [2.24, 2.45) is 11.8 Å². The highest BCUT2D eigenvalue weighted by Crippen LogP contribution is 2.36. The highest BCUT2D eigenvalue weighted by Gasteiger charge is 2.32. The molecule has 7 aromatic rings. The topological polar surface area (TPSA) is 114 Å². The molecule has 61 heavy (non-hydrogen) atoms. The molecule has 0 bridgehead atoms. The minimum Gasteiger partial charge on any atom is -0.507 e. The van der Waals surface area contributed by atoms with Crippen LogP contribution in [0.15, 0.2) is 115 Å². The lowest BCUT2D eigenvalue weighted by Gasteiger charge is -2.44. The first-order valence-electron chi connectivity index (χ1n) is 21.7. The lowest BCUT2D eigenvalue weighted by Crippen LogP contribution is -2.55. The van der Waals surface area contributed by atoms with Crippen LogP contribution in [0.4, 0.5) is 11.6 Å². The molecule has 4 heterocycles. The molecule has 10 nitrogen and oxygen atoms in total. The third-order valence-electron chi connectivity index (χ3n) is 12.1. The average Bonchev–Trinajstić information content (AvgIpc) is 3.26. The van der Waals surface area contributed by atoms with E-state index in [0.717, 1.165) is 90.4 Å². The molecule has 2 atom stereocenters. The summed E-state index contributed by atoms with van der Waals surface area (Å²) in [5.41, 5.74) is 6.83. The van der Waals surface area contributed by atoms with Crippen LogP contribution in [0.1, 0.15) is 44.4 Å². The molecule has 5 aromatic carbocycles. The van der Waals surface area contributed by atoms with E-state index < -0.39 is 0 Å². The van der Waals surface area contributed by atoms with Gasteiger partial charge in [-0.1, -0.05) is 94.4 Å². The molecule has 2 fully saturated rings. The number of hydrogen-bond donors (Lipinski definition) is 3. The predicted octanol–water partition coefficient (Wildman–Crippen LogP) is 9.40. The van der Waals surface area contributed by atoms with Crippen LogP contribution in [-0.2, 0) is 6.54 Å². The number of aromatic nitrogens is 4. The molecule has 3 N–H and O–H groups in total. The van der Waals surface area contributed by atoms with Crippen LogP contribution in [0, 0.1) is 25.7 Å². The van der Waals surface area contributed by atoms with Crippen molar-refractivity contribution >= 4 is 33.4 Å². The Bertz CT molecular complexity index is 2620. The molecule has 0 saturated carbocycles. The standard InChI is InChI=1S/C29H32N4O.C22H26N4O/c1-20(2)26-19-32(18-22-9-5-4-6-10-22)15-16-33(26)29-23-14-13-21(3)17-25(23)30-28(31-29)24-11-7-8-12-27(24)34;1-14(2)19-13-23-10-11-26(19)22-16-9-8-15(3)12-18(16)24-21(25-22)17-6-4-5-7-20(17)27/h4-14,17,20,26,34H,15-16,18-19H2,1-3H3;4-9,12,14,19,23,27H,10-11,13H2,1-3H3/t26-;19-/m11/s1. The number of phenols is 2. The lowest BCUT2D eigenvalue weighted by molar-refractivity contribution is 0.192. The van der Waals surface area contributed by atoms with E-state index in [-0.39, 0.29) is 11.5 Å². The molecular formula is C51H58N8O2. The van der Waals surface area contributed by atoms with Crippen LogP contribution >= 0.6 is 0 Å². The largest absolute Gasteiger partial charge is 0.507 e. The van der Waals surface area contributed by atoms with Crippen molar-refractivity contribution in [1.82, 2.24) is 30.2 Å². The number of benzene rings is 5. The Morgan fingerprint density at radius 2 is 1.10 bits per heavy atom. The van der Waals surface area contributed by atoms with Gasteiger partial charge in [0.05, 0.1) is 22.2 Å². The Balaban J connectivity index is 0.000000173. The minimum absolute atomic E-state index is 0.202. The zero-order valence-electron chi connectivity index (χ0n) is 36.3. The second kappa shape index (κ2) is 18.3. The summed E-state index contributed by atoms with van der Waals surface area (Å²) in [6, 6.07) is 38.7. The summed E-state index contributed by atoms with van der Waals surface area (Å²) in [6.45, 7) is 19.9. The van der Waals surface area contributed by atoms with Gasteiger partial charge in [0.2, 0.25) is 0 Å². The van der Waals surface area contributed by atoms with Gasteiger partial charge in [0.1, 0.15) is 23.1 Å². The Labute approximate surface area is 360 Å². The second-order valence-electron chi connectivity index (χ2n) is 17.3. The summed E-state index contributed by atoms with van der Waals surface area (Å²) in [4.78, 5) is 27.1. The van der Waals surface area contributed by atoms with E-state index in [0.29, 0.717) is 46.7 Å². The van der Waals surface area contributed by atoms with E-state index in [9.17, 15) is 10.2 Å². The van der Waals surface area contributed by atoms with Crippen LogP contribution in [0.5, 0.6) is 11.5 Å². The van der Waals surface area contributed by atoms with Gasteiger partial charge in [-0.25, -0.2) is 19.9 Å². The fourth-order valence-electron chi connectivity index (χ4n) is 8.72. The molecule has 2 saturated heterocycles. The molecule has 0 spiro atoms. The number of hydrogen-bond acceptors (Lipinski definition) is 10. The van der Waals surface area contributed by atoms with Gasteiger partial charge in [-0.2, -0.15) is 0 Å². The number of para-hydroxylation sites is 2. The molecule has 2 aromatic heterocycles. The minimum atomic E-state index is 0.202. The van der Waals surface area contributed by atoms with Gasteiger partial charge in [-0.3, -0.25) is 4.90 Å². The zero-order chi connectivity index (χ0) is 42.6. The summed E-state index contributed by atoms with van der Waals surface area (Å²) in [7, 11) is 0. The van der Waals surface area contributed by atoms with E-state index in [1.54, 1.807) is 12.1 Å². The molecule has 0 aliphatic carbocycles. The Morgan fingerprint density at radius 3 is 1.62 bits per heavy atom. The third kappa shape index (κ3) is 9.16. The number of rotatable bonds is 8. The highest BCUT2D eigenvalue weighted by molar-refractivity contribution is 5.93. The lowest BCUT2D eigenvalue weighted by atomic mass is 9.98. The fourth-order valence-corrected chi connectivity index (χ4v) is 8.72. The van der Waals surface area contributed by atoms with Crippen molar-refractivity contribution < 1.29 is 10.2 Å². The average molecular weight is 815 g/mol. The van der Waals surface area contributed by atoms with E-state index in [2.05, 4.69) is 128 Å². The molecule has 0 unspecified atom stereocenters. The molecule has 0 amide bonds. The number of fused-ring (bicyclic) bond motifs is 2. The van der Waals surface area contributed by atoms with Crippen LogP contribution in [0.25, 0.3) is 44.6 Å². The first-order chi connectivity index (χ1) is 29.5. The smallest absolute Gasteiger partial charge is 0.165 e. The number of anilines is 2. The van der Waals surface area contributed by atoms with Gasteiger partial charge in [-0.05, 0) is 90.9 Å². The summed E-state index contributed by atoms with van der Waals surface area (Å²) in [6.07, 6.45) is 0. The Morgan fingerprint density at radius 1 is 0.590 bits per heavy atom. The maximum Gasteiger partial charge on any atom is 0.165 e. The second-order valence-corrected chi connectivity index (χ2v) is 17.3.